The lowest BCUT2D eigenvalue weighted by atomic mass is 10.1. The van der Waals surface area contributed by atoms with Gasteiger partial charge in [-0.2, -0.15) is 0 Å². The zero-order valence-corrected chi connectivity index (χ0v) is 14.1. The zero-order chi connectivity index (χ0) is 16.2. The van der Waals surface area contributed by atoms with E-state index in [1.54, 1.807) is 11.8 Å². The van der Waals surface area contributed by atoms with Crippen LogP contribution >= 0.6 is 11.8 Å². The van der Waals surface area contributed by atoms with E-state index in [1.165, 1.54) is 5.56 Å². The maximum atomic E-state index is 12.1. The van der Waals surface area contributed by atoms with Gasteiger partial charge in [0.1, 0.15) is 5.50 Å². The molecule has 0 spiro atoms. The first kappa shape index (κ1) is 15.7. The highest BCUT2D eigenvalue weighted by Gasteiger charge is 2.20. The SMILES string of the molecule is Cc1ccc2c(c1)NC(SCC(=O)NC(C)c1ccccc1)N2. The molecular weight excluding hydrogens is 306 g/mol. The normalized spacial score (nSPS) is 16.9. The van der Waals surface area contributed by atoms with Crippen LogP contribution in [0.4, 0.5) is 11.4 Å². The highest BCUT2D eigenvalue weighted by atomic mass is 32.2. The number of carbonyl (C=O) groups excluding carboxylic acids is 1. The molecule has 0 aromatic heterocycles. The van der Waals surface area contributed by atoms with Gasteiger partial charge in [-0.15, -0.1) is 11.8 Å². The molecule has 1 aliphatic heterocycles. The summed E-state index contributed by atoms with van der Waals surface area (Å²) >= 11 is 1.56. The fraction of sp³-hybridized carbons (Fsp3) is 0.278. The third-order valence-corrected chi connectivity index (χ3v) is 4.80. The van der Waals surface area contributed by atoms with E-state index in [0.717, 1.165) is 16.9 Å². The first-order valence-electron chi connectivity index (χ1n) is 7.71. The molecule has 0 saturated heterocycles. The van der Waals surface area contributed by atoms with Crippen molar-refractivity contribution in [2.24, 2.45) is 0 Å². The fourth-order valence-corrected chi connectivity index (χ4v) is 3.39. The number of hydrogen-bond donors (Lipinski definition) is 3. The maximum Gasteiger partial charge on any atom is 0.230 e. The highest BCUT2D eigenvalue weighted by molar-refractivity contribution is 8.00. The monoisotopic (exact) mass is 327 g/mol. The number of anilines is 2. The second-order valence-corrected chi connectivity index (χ2v) is 6.82. The van der Waals surface area contributed by atoms with Crippen LogP contribution in [0.5, 0.6) is 0 Å². The number of rotatable bonds is 5. The van der Waals surface area contributed by atoms with Crippen molar-refractivity contribution in [3.8, 4) is 0 Å². The molecule has 0 saturated carbocycles. The zero-order valence-electron chi connectivity index (χ0n) is 13.3. The number of thioether (sulfide) groups is 1. The molecule has 1 aliphatic rings. The molecule has 2 aromatic carbocycles. The second-order valence-electron chi connectivity index (χ2n) is 5.73. The van der Waals surface area contributed by atoms with Gasteiger partial charge in [0.2, 0.25) is 5.91 Å². The average Bonchev–Trinajstić information content (AvgIpc) is 2.95. The van der Waals surface area contributed by atoms with E-state index < -0.39 is 0 Å². The van der Waals surface area contributed by atoms with E-state index in [9.17, 15) is 4.79 Å². The summed E-state index contributed by atoms with van der Waals surface area (Å²) in [5.74, 6) is 0.455. The van der Waals surface area contributed by atoms with Crippen molar-refractivity contribution in [2.45, 2.75) is 25.4 Å². The summed E-state index contributed by atoms with van der Waals surface area (Å²) in [5, 5.41) is 9.80. The maximum absolute atomic E-state index is 12.1. The van der Waals surface area contributed by atoms with Gasteiger partial charge in [-0.1, -0.05) is 36.4 Å². The van der Waals surface area contributed by atoms with Crippen molar-refractivity contribution < 1.29 is 4.79 Å². The van der Waals surface area contributed by atoms with Gasteiger partial charge in [0, 0.05) is 0 Å². The first-order valence-corrected chi connectivity index (χ1v) is 8.76. The van der Waals surface area contributed by atoms with Crippen LogP contribution in [0.25, 0.3) is 0 Å². The number of benzene rings is 2. The van der Waals surface area contributed by atoms with Crippen LogP contribution in [-0.2, 0) is 4.79 Å². The summed E-state index contributed by atoms with van der Waals surface area (Å²) in [6.45, 7) is 4.07. The van der Waals surface area contributed by atoms with E-state index in [2.05, 4.69) is 41.1 Å². The van der Waals surface area contributed by atoms with Crippen molar-refractivity contribution >= 4 is 29.0 Å². The minimum absolute atomic E-state index is 0.0219. The summed E-state index contributed by atoms with van der Waals surface area (Å²) in [5.41, 5.74) is 4.56. The van der Waals surface area contributed by atoms with Crippen LogP contribution in [0.3, 0.4) is 0 Å². The molecule has 120 valence electrons. The van der Waals surface area contributed by atoms with Crippen LogP contribution in [0, 0.1) is 6.92 Å². The number of carbonyl (C=O) groups is 1. The number of aryl methyl sites for hydroxylation is 1. The number of nitrogens with one attached hydrogen (secondary N) is 3. The van der Waals surface area contributed by atoms with Crippen LogP contribution in [0.1, 0.15) is 24.1 Å². The molecule has 0 radical (unpaired) electrons. The van der Waals surface area contributed by atoms with E-state index in [-0.39, 0.29) is 17.4 Å². The molecule has 0 bridgehead atoms. The minimum atomic E-state index is 0.0219. The molecule has 2 aromatic rings. The Balaban J connectivity index is 1.47. The smallest absolute Gasteiger partial charge is 0.230 e. The molecule has 0 fully saturated rings. The number of amides is 1. The molecule has 3 rings (SSSR count). The average molecular weight is 327 g/mol. The second kappa shape index (κ2) is 6.96. The molecule has 3 N–H and O–H groups in total. The molecule has 1 heterocycles. The topological polar surface area (TPSA) is 53.2 Å². The molecular formula is C18H21N3OS. The van der Waals surface area contributed by atoms with Gasteiger partial charge in [0.05, 0.1) is 23.2 Å². The summed E-state index contributed by atoms with van der Waals surface area (Å²) in [4.78, 5) is 12.1. The van der Waals surface area contributed by atoms with Crippen LogP contribution < -0.4 is 16.0 Å². The van der Waals surface area contributed by atoms with Crippen molar-refractivity contribution in [1.82, 2.24) is 5.32 Å². The van der Waals surface area contributed by atoms with Gasteiger partial charge in [-0.3, -0.25) is 4.79 Å². The van der Waals surface area contributed by atoms with Crippen LogP contribution in [0.2, 0.25) is 0 Å². The molecule has 1 amide bonds. The Kier molecular flexibility index (Phi) is 4.76. The number of fused-ring (bicyclic) bond motifs is 1. The Labute approximate surface area is 141 Å². The van der Waals surface area contributed by atoms with E-state index >= 15 is 0 Å². The van der Waals surface area contributed by atoms with Crippen molar-refractivity contribution in [2.75, 3.05) is 16.4 Å². The summed E-state index contributed by atoms with van der Waals surface area (Å²) < 4.78 is 0. The minimum Gasteiger partial charge on any atom is -0.355 e. The molecule has 4 nitrogen and oxygen atoms in total. The van der Waals surface area contributed by atoms with E-state index in [0.29, 0.717) is 5.75 Å². The summed E-state index contributed by atoms with van der Waals surface area (Å²) in [7, 11) is 0. The lowest BCUT2D eigenvalue weighted by molar-refractivity contribution is -0.119. The first-order chi connectivity index (χ1) is 11.1. The Bertz CT molecular complexity index is 690. The van der Waals surface area contributed by atoms with Gasteiger partial charge in [0.15, 0.2) is 0 Å². The number of hydrogen-bond acceptors (Lipinski definition) is 4. The standard InChI is InChI=1S/C18H21N3OS/c1-12-8-9-15-16(10-12)21-18(20-15)23-11-17(22)19-13(2)14-6-4-3-5-7-14/h3-10,13,18,20-21H,11H2,1-2H3,(H,19,22). The highest BCUT2D eigenvalue weighted by Crippen LogP contribution is 2.33. The van der Waals surface area contributed by atoms with Crippen LogP contribution in [-0.4, -0.2) is 17.2 Å². The van der Waals surface area contributed by atoms with Crippen molar-refractivity contribution in [3.05, 3.63) is 59.7 Å². The molecule has 23 heavy (non-hydrogen) atoms. The predicted molar refractivity (Wildman–Crippen MR) is 97.7 cm³/mol. The largest absolute Gasteiger partial charge is 0.355 e. The lowest BCUT2D eigenvalue weighted by Crippen LogP contribution is -2.30. The van der Waals surface area contributed by atoms with Gasteiger partial charge in [-0.25, -0.2) is 0 Å². The van der Waals surface area contributed by atoms with Gasteiger partial charge < -0.3 is 16.0 Å². The Morgan fingerprint density at radius 3 is 2.70 bits per heavy atom. The quantitative estimate of drug-likeness (QED) is 0.783. The third-order valence-electron chi connectivity index (χ3n) is 3.81. The summed E-state index contributed by atoms with van der Waals surface area (Å²) in [6, 6.07) is 16.3. The van der Waals surface area contributed by atoms with E-state index in [1.807, 2.05) is 37.3 Å². The Morgan fingerprint density at radius 2 is 1.91 bits per heavy atom. The third kappa shape index (κ3) is 3.99. The van der Waals surface area contributed by atoms with Crippen LogP contribution in [0.15, 0.2) is 48.5 Å². The lowest BCUT2D eigenvalue weighted by Gasteiger charge is -2.16. The Morgan fingerprint density at radius 1 is 1.17 bits per heavy atom. The molecule has 2 atom stereocenters. The summed E-state index contributed by atoms with van der Waals surface area (Å²) in [6.07, 6.45) is 0. The van der Waals surface area contributed by atoms with Gasteiger partial charge in [-0.05, 0) is 37.1 Å². The molecule has 0 aliphatic carbocycles. The van der Waals surface area contributed by atoms with Crippen molar-refractivity contribution in [1.29, 1.82) is 0 Å². The predicted octanol–water partition coefficient (Wildman–Crippen LogP) is 3.73. The molecule has 5 heteroatoms. The molecule has 2 unspecified atom stereocenters. The van der Waals surface area contributed by atoms with E-state index in [4.69, 9.17) is 0 Å². The fourth-order valence-electron chi connectivity index (χ4n) is 2.57. The van der Waals surface area contributed by atoms with Gasteiger partial charge >= 0.3 is 0 Å². The van der Waals surface area contributed by atoms with Crippen molar-refractivity contribution in [3.63, 3.8) is 0 Å². The van der Waals surface area contributed by atoms with Gasteiger partial charge in [0.25, 0.3) is 0 Å². The Hall–Kier alpha value is -2.14.